The van der Waals surface area contributed by atoms with Crippen LogP contribution in [-0.2, 0) is 10.0 Å². The van der Waals surface area contributed by atoms with Gasteiger partial charge in [-0.25, -0.2) is 13.6 Å². The van der Waals surface area contributed by atoms with E-state index >= 15 is 0 Å². The van der Waals surface area contributed by atoms with E-state index in [1.54, 1.807) is 4.90 Å². The predicted molar refractivity (Wildman–Crippen MR) is 78.6 cm³/mol. The molecule has 0 aromatic heterocycles. The van der Waals surface area contributed by atoms with Crippen LogP contribution in [0.1, 0.15) is 23.7 Å². The molecule has 2 rings (SSSR count). The Labute approximate surface area is 124 Å². The van der Waals surface area contributed by atoms with Crippen LogP contribution in [0.15, 0.2) is 35.2 Å². The lowest BCUT2D eigenvalue weighted by Crippen LogP contribution is -2.36. The number of nitrogens with zero attached hydrogens (tertiary/aromatic N) is 1. The van der Waals surface area contributed by atoms with Crippen LogP contribution in [0.4, 0.5) is 0 Å². The molecule has 0 saturated carbocycles. The molecule has 2 N–H and O–H groups in total. The maximum Gasteiger partial charge on any atom is 0.258 e. The molecule has 1 aromatic rings. The predicted octanol–water partition coefficient (Wildman–Crippen LogP) is 1.13. The summed E-state index contributed by atoms with van der Waals surface area (Å²) < 4.78 is 28.1. The van der Waals surface area contributed by atoms with Crippen LogP contribution in [0.25, 0.3) is 0 Å². The van der Waals surface area contributed by atoms with Crippen molar-refractivity contribution in [1.29, 1.82) is 0 Å². The number of carbonyl (C=O) groups is 1. The van der Waals surface area contributed by atoms with Crippen molar-refractivity contribution in [2.24, 2.45) is 5.14 Å². The van der Waals surface area contributed by atoms with Crippen LogP contribution in [-0.4, -0.2) is 38.9 Å². The molecule has 0 aliphatic carbocycles. The molecule has 1 aromatic carbocycles. The minimum atomic E-state index is -3.87. The average molecular weight is 310 g/mol. The Morgan fingerprint density at radius 2 is 2.19 bits per heavy atom. The van der Waals surface area contributed by atoms with Crippen molar-refractivity contribution < 1.29 is 17.9 Å². The van der Waals surface area contributed by atoms with E-state index in [9.17, 15) is 13.2 Å². The Balaban J connectivity index is 2.44. The van der Waals surface area contributed by atoms with Crippen molar-refractivity contribution in [2.45, 2.75) is 24.3 Å². The highest BCUT2D eigenvalue weighted by atomic mass is 32.2. The monoisotopic (exact) mass is 310 g/mol. The molecule has 1 atom stereocenters. The highest BCUT2D eigenvalue weighted by Gasteiger charge is 2.27. The normalized spacial score (nSPS) is 18.0. The largest absolute Gasteiger partial charge is 0.496 e. The lowest BCUT2D eigenvalue weighted by atomic mass is 10.1. The van der Waals surface area contributed by atoms with Crippen LogP contribution in [0.2, 0.25) is 0 Å². The molecule has 1 unspecified atom stereocenters. The van der Waals surface area contributed by atoms with Gasteiger partial charge in [-0.1, -0.05) is 19.1 Å². The smallest absolute Gasteiger partial charge is 0.258 e. The zero-order valence-corrected chi connectivity index (χ0v) is 12.8. The summed E-state index contributed by atoms with van der Waals surface area (Å²) in [4.78, 5) is 14.2. The summed E-state index contributed by atoms with van der Waals surface area (Å²) in [6, 6.07) is 4.05. The summed E-state index contributed by atoms with van der Waals surface area (Å²) in [5, 5.41) is 5.12. The minimum absolute atomic E-state index is 0.0142. The molecular formula is C14H18N2O4S. The van der Waals surface area contributed by atoms with Crippen LogP contribution in [0.5, 0.6) is 5.75 Å². The van der Waals surface area contributed by atoms with Crippen molar-refractivity contribution in [1.82, 2.24) is 4.90 Å². The molecule has 21 heavy (non-hydrogen) atoms. The molecule has 0 saturated heterocycles. The summed E-state index contributed by atoms with van der Waals surface area (Å²) in [6.45, 7) is 2.48. The molecular weight excluding hydrogens is 292 g/mol. The van der Waals surface area contributed by atoms with E-state index < -0.39 is 10.0 Å². The molecule has 1 amide bonds. The van der Waals surface area contributed by atoms with Crippen LogP contribution in [0, 0.1) is 0 Å². The van der Waals surface area contributed by atoms with Gasteiger partial charge in [0.25, 0.3) is 5.91 Å². The molecule has 1 heterocycles. The summed E-state index contributed by atoms with van der Waals surface area (Å²) in [5.41, 5.74) is 0.200. The molecule has 7 heteroatoms. The Morgan fingerprint density at radius 3 is 2.76 bits per heavy atom. The van der Waals surface area contributed by atoms with Crippen molar-refractivity contribution in [3.8, 4) is 5.75 Å². The highest BCUT2D eigenvalue weighted by molar-refractivity contribution is 7.89. The van der Waals surface area contributed by atoms with E-state index in [2.05, 4.69) is 0 Å². The SMILES string of the molecule is CCC1C=CCN1C(=O)c1cc(S(N)(=O)=O)ccc1OC. The standard InChI is InChI=1S/C14H18N2O4S/c1-3-10-5-4-8-16(10)14(17)12-9-11(21(15,18)19)6-7-13(12)20-2/h4-7,9-10H,3,8H2,1-2H3,(H2,15,18,19). The number of hydrogen-bond donors (Lipinski definition) is 1. The molecule has 0 radical (unpaired) electrons. The van der Waals surface area contributed by atoms with Crippen LogP contribution in [0.3, 0.4) is 0 Å². The first-order valence-corrected chi connectivity index (χ1v) is 8.11. The van der Waals surface area contributed by atoms with Gasteiger partial charge in [-0.15, -0.1) is 0 Å². The number of methoxy groups -OCH3 is 1. The summed E-state index contributed by atoms with van der Waals surface area (Å²) in [5.74, 6) is 0.0587. The third-order valence-electron chi connectivity index (χ3n) is 3.47. The average Bonchev–Trinajstić information content (AvgIpc) is 2.93. The Kier molecular flexibility index (Phi) is 4.34. The Hall–Kier alpha value is -1.86. The second-order valence-electron chi connectivity index (χ2n) is 4.77. The van der Waals surface area contributed by atoms with Gasteiger partial charge in [0.05, 0.1) is 23.6 Å². The van der Waals surface area contributed by atoms with Gasteiger partial charge in [0.15, 0.2) is 0 Å². The number of sulfonamides is 1. The number of ether oxygens (including phenoxy) is 1. The summed E-state index contributed by atoms with van der Waals surface area (Å²) >= 11 is 0. The van der Waals surface area contributed by atoms with Crippen LogP contribution >= 0.6 is 0 Å². The van der Waals surface area contributed by atoms with E-state index in [4.69, 9.17) is 9.88 Å². The first kappa shape index (κ1) is 15.5. The fraction of sp³-hybridized carbons (Fsp3) is 0.357. The molecule has 0 bridgehead atoms. The zero-order valence-electron chi connectivity index (χ0n) is 11.9. The highest BCUT2D eigenvalue weighted by Crippen LogP contribution is 2.26. The molecule has 1 aliphatic heterocycles. The third kappa shape index (κ3) is 3.08. The van der Waals surface area contributed by atoms with Crippen molar-refractivity contribution in [2.75, 3.05) is 13.7 Å². The number of primary sulfonamides is 1. The van der Waals surface area contributed by atoms with Gasteiger partial charge in [-0.3, -0.25) is 4.79 Å². The van der Waals surface area contributed by atoms with Gasteiger partial charge in [0.1, 0.15) is 5.75 Å². The first-order chi connectivity index (χ1) is 9.88. The third-order valence-corrected chi connectivity index (χ3v) is 4.38. The van der Waals surface area contributed by atoms with Crippen molar-refractivity contribution >= 4 is 15.9 Å². The number of benzene rings is 1. The van der Waals surface area contributed by atoms with Crippen molar-refractivity contribution in [3.63, 3.8) is 0 Å². The van der Waals surface area contributed by atoms with Gasteiger partial charge in [0.2, 0.25) is 10.0 Å². The Morgan fingerprint density at radius 1 is 1.48 bits per heavy atom. The second kappa shape index (κ2) is 5.87. The molecule has 114 valence electrons. The lowest BCUT2D eigenvalue weighted by molar-refractivity contribution is 0.0744. The zero-order chi connectivity index (χ0) is 15.6. The van der Waals surface area contributed by atoms with Crippen LogP contribution < -0.4 is 9.88 Å². The maximum absolute atomic E-state index is 12.6. The molecule has 6 nitrogen and oxygen atoms in total. The second-order valence-corrected chi connectivity index (χ2v) is 6.33. The summed E-state index contributed by atoms with van der Waals surface area (Å²) in [7, 11) is -2.44. The van der Waals surface area contributed by atoms with Crippen molar-refractivity contribution in [3.05, 3.63) is 35.9 Å². The fourth-order valence-electron chi connectivity index (χ4n) is 2.35. The maximum atomic E-state index is 12.6. The van der Waals surface area contributed by atoms with Gasteiger partial charge in [-0.05, 0) is 24.6 Å². The van der Waals surface area contributed by atoms with Gasteiger partial charge >= 0.3 is 0 Å². The minimum Gasteiger partial charge on any atom is -0.496 e. The van der Waals surface area contributed by atoms with Gasteiger partial charge in [0, 0.05) is 6.54 Å². The van der Waals surface area contributed by atoms with E-state index in [-0.39, 0.29) is 22.4 Å². The van der Waals surface area contributed by atoms with E-state index in [0.717, 1.165) is 6.42 Å². The number of amides is 1. The van der Waals surface area contributed by atoms with E-state index in [0.29, 0.717) is 12.3 Å². The number of carbonyl (C=O) groups excluding carboxylic acids is 1. The number of rotatable bonds is 4. The molecule has 1 aliphatic rings. The quantitative estimate of drug-likeness (QED) is 0.844. The van der Waals surface area contributed by atoms with E-state index in [1.165, 1.54) is 25.3 Å². The summed E-state index contributed by atoms with van der Waals surface area (Å²) in [6.07, 6.45) is 4.68. The molecule has 0 fully saturated rings. The van der Waals surface area contributed by atoms with E-state index in [1.807, 2.05) is 19.1 Å². The first-order valence-electron chi connectivity index (χ1n) is 6.57. The van der Waals surface area contributed by atoms with Gasteiger partial charge < -0.3 is 9.64 Å². The topological polar surface area (TPSA) is 89.7 Å². The lowest BCUT2D eigenvalue weighted by Gasteiger charge is -2.24. The number of hydrogen-bond acceptors (Lipinski definition) is 4. The molecule has 0 spiro atoms. The van der Waals surface area contributed by atoms with Gasteiger partial charge in [-0.2, -0.15) is 0 Å². The number of nitrogens with two attached hydrogens (primary N) is 1. The Bertz CT molecular complexity index is 682. The fourth-order valence-corrected chi connectivity index (χ4v) is 2.89.